The van der Waals surface area contributed by atoms with E-state index in [0.29, 0.717) is 5.88 Å². The summed E-state index contributed by atoms with van der Waals surface area (Å²) in [7, 11) is 0. The third-order valence-electron chi connectivity index (χ3n) is 2.16. The average Bonchev–Trinajstić information content (AvgIpc) is 2.30. The van der Waals surface area contributed by atoms with Crippen LogP contribution in [0.4, 0.5) is 0 Å². The zero-order chi connectivity index (χ0) is 12.1. The van der Waals surface area contributed by atoms with Gasteiger partial charge in [0.1, 0.15) is 16.2 Å². The Bertz CT molecular complexity index is 488. The van der Waals surface area contributed by atoms with E-state index in [-0.39, 0.29) is 0 Å². The Kier molecular flexibility index (Phi) is 4.09. The Labute approximate surface area is 109 Å². The molecule has 1 heterocycles. The summed E-state index contributed by atoms with van der Waals surface area (Å²) in [6.07, 6.45) is 1.87. The van der Waals surface area contributed by atoms with Crippen molar-refractivity contribution in [1.82, 2.24) is 9.97 Å². The van der Waals surface area contributed by atoms with Gasteiger partial charge in [0, 0.05) is 12.5 Å². The molecule has 0 atom stereocenters. The van der Waals surface area contributed by atoms with Gasteiger partial charge >= 0.3 is 0 Å². The summed E-state index contributed by atoms with van der Waals surface area (Å²) in [5.74, 6) is 2.15. The van der Waals surface area contributed by atoms with Crippen molar-refractivity contribution in [2.24, 2.45) is 0 Å². The summed E-state index contributed by atoms with van der Waals surface area (Å²) in [5, 5.41) is 0. The monoisotopic (exact) mass is 292 g/mol. The maximum Gasteiger partial charge on any atom is 0.223 e. The van der Waals surface area contributed by atoms with Crippen LogP contribution < -0.4 is 4.74 Å². The lowest BCUT2D eigenvalue weighted by Crippen LogP contribution is -1.97. The summed E-state index contributed by atoms with van der Waals surface area (Å²) in [5.41, 5.74) is 0. The first-order chi connectivity index (χ1) is 8.28. The second-order valence-corrected chi connectivity index (χ2v) is 4.42. The van der Waals surface area contributed by atoms with Crippen LogP contribution in [0.5, 0.6) is 11.6 Å². The van der Waals surface area contributed by atoms with Gasteiger partial charge in [-0.3, -0.25) is 0 Å². The molecular formula is C13H13BrN2O. The van der Waals surface area contributed by atoms with Crippen LogP contribution in [0.3, 0.4) is 0 Å². The molecule has 0 aliphatic heterocycles. The molecule has 0 amide bonds. The third-order valence-corrected chi connectivity index (χ3v) is 2.56. The zero-order valence-corrected chi connectivity index (χ0v) is 11.1. The van der Waals surface area contributed by atoms with Crippen LogP contribution in [0, 0.1) is 0 Å². The molecule has 0 spiro atoms. The summed E-state index contributed by atoms with van der Waals surface area (Å²) in [6.45, 7) is 2.10. The van der Waals surface area contributed by atoms with Crippen LogP contribution >= 0.6 is 15.9 Å². The topological polar surface area (TPSA) is 35.0 Å². The maximum absolute atomic E-state index is 5.67. The molecule has 17 heavy (non-hydrogen) atoms. The van der Waals surface area contributed by atoms with Gasteiger partial charge in [0.15, 0.2) is 0 Å². The molecule has 0 unspecified atom stereocenters. The van der Waals surface area contributed by atoms with Crippen LogP contribution in [0.25, 0.3) is 0 Å². The van der Waals surface area contributed by atoms with E-state index in [4.69, 9.17) is 4.74 Å². The fourth-order valence-corrected chi connectivity index (χ4v) is 1.84. The molecule has 4 heteroatoms. The van der Waals surface area contributed by atoms with Crippen molar-refractivity contribution in [3.63, 3.8) is 0 Å². The molecule has 3 nitrogen and oxygen atoms in total. The van der Waals surface area contributed by atoms with Gasteiger partial charge in [-0.2, -0.15) is 4.98 Å². The van der Waals surface area contributed by atoms with E-state index in [1.807, 2.05) is 30.3 Å². The van der Waals surface area contributed by atoms with Gasteiger partial charge in [-0.25, -0.2) is 4.98 Å². The predicted octanol–water partition coefficient (Wildman–Crippen LogP) is 3.98. The van der Waals surface area contributed by atoms with E-state index in [0.717, 1.165) is 29.0 Å². The molecule has 0 radical (unpaired) electrons. The minimum absolute atomic E-state index is 0.571. The summed E-state index contributed by atoms with van der Waals surface area (Å²) >= 11 is 3.37. The Hall–Kier alpha value is -1.42. The fourth-order valence-electron chi connectivity index (χ4n) is 1.44. The van der Waals surface area contributed by atoms with Crippen molar-refractivity contribution >= 4 is 15.9 Å². The predicted molar refractivity (Wildman–Crippen MR) is 70.2 cm³/mol. The first kappa shape index (κ1) is 12.0. The summed E-state index contributed by atoms with van der Waals surface area (Å²) in [4.78, 5) is 8.65. The van der Waals surface area contributed by atoms with E-state index in [1.54, 1.807) is 6.07 Å². The molecule has 88 valence electrons. The molecule has 2 rings (SSSR count). The van der Waals surface area contributed by atoms with Gasteiger partial charge in [-0.15, -0.1) is 0 Å². The van der Waals surface area contributed by atoms with E-state index in [9.17, 15) is 0 Å². The Morgan fingerprint density at radius 1 is 1.18 bits per heavy atom. The second kappa shape index (κ2) is 5.77. The molecule has 2 aromatic rings. The molecule has 0 aliphatic carbocycles. The highest BCUT2D eigenvalue weighted by Gasteiger charge is 2.04. The Balaban J connectivity index is 2.21. The van der Waals surface area contributed by atoms with E-state index >= 15 is 0 Å². The van der Waals surface area contributed by atoms with Gasteiger partial charge in [-0.05, 0) is 34.5 Å². The number of hydrogen-bond donors (Lipinski definition) is 0. The third kappa shape index (κ3) is 3.53. The lowest BCUT2D eigenvalue weighted by molar-refractivity contribution is 0.457. The van der Waals surface area contributed by atoms with Crippen LogP contribution in [0.15, 0.2) is 41.0 Å². The van der Waals surface area contributed by atoms with Gasteiger partial charge in [-0.1, -0.05) is 25.1 Å². The second-order valence-electron chi connectivity index (χ2n) is 3.61. The van der Waals surface area contributed by atoms with Crippen molar-refractivity contribution in [3.05, 3.63) is 46.8 Å². The molecule has 0 saturated carbocycles. The minimum atomic E-state index is 0.571. The highest BCUT2D eigenvalue weighted by Crippen LogP contribution is 2.21. The number of halogens is 1. The number of rotatable bonds is 4. The average molecular weight is 293 g/mol. The quantitative estimate of drug-likeness (QED) is 0.800. The summed E-state index contributed by atoms with van der Waals surface area (Å²) < 4.78 is 6.42. The molecule has 1 aromatic carbocycles. The molecular weight excluding hydrogens is 280 g/mol. The zero-order valence-electron chi connectivity index (χ0n) is 9.56. The smallest absolute Gasteiger partial charge is 0.223 e. The number of aromatic nitrogens is 2. The van der Waals surface area contributed by atoms with E-state index in [2.05, 4.69) is 32.8 Å². The van der Waals surface area contributed by atoms with Crippen LogP contribution in [-0.2, 0) is 6.42 Å². The SMILES string of the molecule is CCCc1nc(Br)cc(Oc2ccccc2)n1. The number of para-hydroxylation sites is 1. The van der Waals surface area contributed by atoms with E-state index in [1.165, 1.54) is 0 Å². The molecule has 0 fully saturated rings. The van der Waals surface area contributed by atoms with Crippen LogP contribution in [-0.4, -0.2) is 9.97 Å². The van der Waals surface area contributed by atoms with Gasteiger partial charge in [0.25, 0.3) is 0 Å². The Morgan fingerprint density at radius 2 is 1.94 bits per heavy atom. The molecule has 0 bridgehead atoms. The summed E-state index contributed by atoms with van der Waals surface area (Å²) in [6, 6.07) is 11.4. The van der Waals surface area contributed by atoms with Gasteiger partial charge < -0.3 is 4.74 Å². The van der Waals surface area contributed by atoms with Crippen molar-refractivity contribution in [2.45, 2.75) is 19.8 Å². The van der Waals surface area contributed by atoms with Crippen molar-refractivity contribution < 1.29 is 4.74 Å². The Morgan fingerprint density at radius 3 is 2.65 bits per heavy atom. The van der Waals surface area contributed by atoms with Crippen LogP contribution in [0.1, 0.15) is 19.2 Å². The normalized spacial score (nSPS) is 10.2. The first-order valence-electron chi connectivity index (χ1n) is 5.54. The van der Waals surface area contributed by atoms with Crippen molar-refractivity contribution in [2.75, 3.05) is 0 Å². The van der Waals surface area contributed by atoms with Crippen molar-refractivity contribution in [3.8, 4) is 11.6 Å². The van der Waals surface area contributed by atoms with E-state index < -0.39 is 0 Å². The number of ether oxygens (including phenoxy) is 1. The largest absolute Gasteiger partial charge is 0.439 e. The van der Waals surface area contributed by atoms with Gasteiger partial charge in [0.2, 0.25) is 5.88 Å². The minimum Gasteiger partial charge on any atom is -0.439 e. The van der Waals surface area contributed by atoms with Crippen LogP contribution in [0.2, 0.25) is 0 Å². The molecule has 0 aliphatic rings. The maximum atomic E-state index is 5.67. The highest BCUT2D eigenvalue weighted by atomic mass is 79.9. The lowest BCUT2D eigenvalue weighted by atomic mass is 10.3. The molecule has 0 saturated heterocycles. The highest BCUT2D eigenvalue weighted by molar-refractivity contribution is 9.10. The van der Waals surface area contributed by atoms with Crippen molar-refractivity contribution in [1.29, 1.82) is 0 Å². The lowest BCUT2D eigenvalue weighted by Gasteiger charge is -2.06. The molecule has 0 N–H and O–H groups in total. The number of aryl methyl sites for hydroxylation is 1. The fraction of sp³-hybridized carbons (Fsp3) is 0.231. The van der Waals surface area contributed by atoms with Gasteiger partial charge in [0.05, 0.1) is 0 Å². The number of nitrogens with zero attached hydrogens (tertiary/aromatic N) is 2. The number of hydrogen-bond acceptors (Lipinski definition) is 3. The number of benzene rings is 1. The standard InChI is InChI=1S/C13H13BrN2O/c1-2-6-12-15-11(14)9-13(16-12)17-10-7-4-3-5-8-10/h3-5,7-9H,2,6H2,1H3. The molecule has 1 aromatic heterocycles. The first-order valence-corrected chi connectivity index (χ1v) is 6.33.